The molecule has 1 unspecified atom stereocenters. The third kappa shape index (κ3) is 5.89. The zero-order valence-electron chi connectivity index (χ0n) is 3.79. The van der Waals surface area contributed by atoms with Crippen molar-refractivity contribution < 1.29 is 8.78 Å². The molecule has 1 atom stereocenters. The molecule has 3 heteroatoms. The Morgan fingerprint density at radius 3 is 2.14 bits per heavy atom. The van der Waals surface area contributed by atoms with Crippen molar-refractivity contribution in [3.05, 3.63) is 12.4 Å². The lowest BCUT2D eigenvalue weighted by molar-refractivity contribution is 0.373. The first-order chi connectivity index (χ1) is 3.06. The van der Waals surface area contributed by atoms with Crippen LogP contribution in [0.2, 0.25) is 0 Å². The molecule has 0 saturated heterocycles. The number of halogens is 3. The summed E-state index contributed by atoms with van der Waals surface area (Å²) in [6, 6.07) is 0. The van der Waals surface area contributed by atoms with Crippen LogP contribution in [0.5, 0.6) is 0 Å². The molecule has 0 heterocycles. The van der Waals surface area contributed by atoms with Gasteiger partial charge < -0.3 is 0 Å². The van der Waals surface area contributed by atoms with E-state index in [0.29, 0.717) is 6.08 Å². The Morgan fingerprint density at radius 2 is 2.14 bits per heavy atom. The molecule has 0 bridgehead atoms. The minimum Gasteiger partial charge on any atom is -0.222 e. The molecule has 0 aliphatic heterocycles. The number of allylic oxidation sites excluding steroid dienone is 1. The summed E-state index contributed by atoms with van der Waals surface area (Å²) in [6.07, 6.45) is 0.696. The summed E-state index contributed by atoms with van der Waals surface area (Å²) in [4.78, 5) is 0. The molecule has 0 aromatic carbocycles. The minimum absolute atomic E-state index is 0.0764. The maximum atomic E-state index is 11.8. The Kier molecular flexibility index (Phi) is 2.23. The summed E-state index contributed by atoms with van der Waals surface area (Å²) >= 11 is 4.84. The summed E-state index contributed by atoms with van der Waals surface area (Å²) in [6.45, 7) is 1.05. The molecule has 0 nitrogen and oxygen atoms in total. The van der Waals surface area contributed by atoms with E-state index in [4.69, 9.17) is 11.6 Å². The van der Waals surface area contributed by atoms with Crippen LogP contribution in [0.4, 0.5) is 8.78 Å². The van der Waals surface area contributed by atoms with Gasteiger partial charge in [0.1, 0.15) is 0 Å². The summed E-state index contributed by atoms with van der Waals surface area (Å²) < 4.78 is 22.8. The molecule has 42 valence electrons. The molecule has 0 spiro atoms. The molecular weight excluding hydrogens is 121 g/mol. The van der Waals surface area contributed by atoms with E-state index >= 15 is 0 Å². The predicted molar refractivity (Wildman–Crippen MR) is 25.6 cm³/mol. The van der Waals surface area contributed by atoms with Gasteiger partial charge in [-0.15, -0.1) is 0 Å². The first-order valence-electron chi connectivity index (χ1n) is 1.72. The van der Waals surface area contributed by atoms with Crippen LogP contribution < -0.4 is 0 Å². The van der Waals surface area contributed by atoms with Crippen LogP contribution in [0.3, 0.4) is 0 Å². The second-order valence-electron chi connectivity index (χ2n) is 1.25. The van der Waals surface area contributed by atoms with Crippen molar-refractivity contribution in [3.8, 4) is 0 Å². The van der Waals surface area contributed by atoms with Gasteiger partial charge in [0.15, 0.2) is 0 Å². The van der Waals surface area contributed by atoms with Crippen molar-refractivity contribution in [2.75, 3.05) is 0 Å². The zero-order chi connectivity index (χ0) is 5.91. The van der Waals surface area contributed by atoms with Crippen LogP contribution in [0.1, 0.15) is 6.92 Å². The molecule has 0 rings (SSSR count). The molecule has 0 N–H and O–H groups in total. The monoisotopic (exact) mass is 126 g/mol. The Morgan fingerprint density at radius 1 is 1.71 bits per heavy atom. The maximum absolute atomic E-state index is 11.8. The van der Waals surface area contributed by atoms with E-state index in [1.165, 1.54) is 0 Å². The highest BCUT2D eigenvalue weighted by atomic mass is 35.5. The normalized spacial score (nSPS) is 20.0. The largest absolute Gasteiger partial charge is 0.222 e. The van der Waals surface area contributed by atoms with Gasteiger partial charge in [0.05, 0.1) is 6.33 Å². The number of hydrogen-bond donors (Lipinski definition) is 0. The molecule has 0 aromatic rings. The quantitative estimate of drug-likeness (QED) is 0.474. The van der Waals surface area contributed by atoms with E-state index < -0.39 is 5.13 Å². The molecule has 0 radical (unpaired) electrons. The molecule has 0 aliphatic rings. The van der Waals surface area contributed by atoms with Crippen molar-refractivity contribution in [1.82, 2.24) is 0 Å². The van der Waals surface area contributed by atoms with Crippen LogP contribution in [0.25, 0.3) is 0 Å². The summed E-state index contributed by atoms with van der Waals surface area (Å²) in [5.74, 6) is 0. The Hall–Kier alpha value is -0.110. The van der Waals surface area contributed by atoms with Crippen molar-refractivity contribution in [2.45, 2.75) is 12.1 Å². The van der Waals surface area contributed by atoms with Gasteiger partial charge in [0.25, 0.3) is 0 Å². The molecule has 0 fully saturated rings. The Labute approximate surface area is 45.8 Å². The third-order valence-electron chi connectivity index (χ3n) is 0.356. The van der Waals surface area contributed by atoms with Crippen LogP contribution in [-0.4, -0.2) is 5.13 Å². The number of hydrogen-bond acceptors (Lipinski definition) is 0. The Bertz CT molecular complexity index is 72.2. The fourth-order valence-electron chi connectivity index (χ4n) is 0.111. The van der Waals surface area contributed by atoms with Gasteiger partial charge in [-0.25, -0.2) is 8.78 Å². The average molecular weight is 127 g/mol. The van der Waals surface area contributed by atoms with Crippen molar-refractivity contribution >= 4 is 11.6 Å². The number of alkyl halides is 2. The van der Waals surface area contributed by atoms with Crippen molar-refractivity contribution in [2.24, 2.45) is 0 Å². The van der Waals surface area contributed by atoms with E-state index in [2.05, 4.69) is 0 Å². The summed E-state index contributed by atoms with van der Waals surface area (Å²) in [5, 5.41) is -2.03. The minimum atomic E-state index is -2.03. The van der Waals surface area contributed by atoms with Crippen molar-refractivity contribution in [1.29, 1.82) is 0 Å². The molecule has 0 aliphatic carbocycles. The van der Waals surface area contributed by atoms with Gasteiger partial charge in [-0.05, 0) is 13.0 Å². The highest BCUT2D eigenvalue weighted by molar-refractivity contribution is 6.23. The van der Waals surface area contributed by atoms with Crippen molar-refractivity contribution in [3.63, 3.8) is 0 Å². The second kappa shape index (κ2) is 2.26. The predicted octanol–water partition coefficient (Wildman–Crippen LogP) is 2.39. The molecule has 7 heavy (non-hydrogen) atoms. The van der Waals surface area contributed by atoms with Gasteiger partial charge in [0.2, 0.25) is 5.13 Å². The second-order valence-corrected chi connectivity index (χ2v) is 1.99. The van der Waals surface area contributed by atoms with Gasteiger partial charge in [-0.2, -0.15) is 0 Å². The fraction of sp³-hybridized carbons (Fsp3) is 0.500. The van der Waals surface area contributed by atoms with E-state index in [1.54, 1.807) is 0 Å². The number of rotatable bonds is 1. The lowest BCUT2D eigenvalue weighted by atomic mass is 10.4. The van der Waals surface area contributed by atoms with Crippen LogP contribution >= 0.6 is 11.6 Å². The molecule has 0 aromatic heterocycles. The van der Waals surface area contributed by atoms with Crippen LogP contribution in [0.15, 0.2) is 12.4 Å². The van der Waals surface area contributed by atoms with E-state index in [0.717, 1.165) is 6.92 Å². The third-order valence-corrected chi connectivity index (χ3v) is 0.482. The topological polar surface area (TPSA) is 0 Å². The standard InChI is InChI=1S/C4H5ClF2/c1-4(5,7)2-3-6/h2-3H,1H3. The molecule has 0 amide bonds. The molecular formula is C4H5ClF2. The highest BCUT2D eigenvalue weighted by Gasteiger charge is 2.11. The van der Waals surface area contributed by atoms with Gasteiger partial charge in [-0.3, -0.25) is 0 Å². The van der Waals surface area contributed by atoms with Gasteiger partial charge in [-0.1, -0.05) is 11.6 Å². The SMILES string of the molecule is CC(F)(Cl)C=CF. The van der Waals surface area contributed by atoms with Gasteiger partial charge >= 0.3 is 0 Å². The van der Waals surface area contributed by atoms with Crippen LogP contribution in [-0.2, 0) is 0 Å². The first kappa shape index (κ1) is 6.89. The average Bonchev–Trinajstić information content (AvgIpc) is 1.30. The van der Waals surface area contributed by atoms with Crippen LogP contribution in [0, 0.1) is 0 Å². The molecule has 0 saturated carbocycles. The first-order valence-corrected chi connectivity index (χ1v) is 2.10. The van der Waals surface area contributed by atoms with E-state index in [9.17, 15) is 8.78 Å². The Balaban J connectivity index is 3.56. The lowest BCUT2D eigenvalue weighted by Gasteiger charge is -1.99. The zero-order valence-corrected chi connectivity index (χ0v) is 4.54. The fourth-order valence-corrected chi connectivity index (χ4v) is 0.158. The summed E-state index contributed by atoms with van der Waals surface area (Å²) in [5.41, 5.74) is 0. The van der Waals surface area contributed by atoms with E-state index in [1.807, 2.05) is 0 Å². The van der Waals surface area contributed by atoms with E-state index in [-0.39, 0.29) is 6.33 Å². The summed E-state index contributed by atoms with van der Waals surface area (Å²) in [7, 11) is 0. The smallest absolute Gasteiger partial charge is 0.201 e. The maximum Gasteiger partial charge on any atom is 0.201 e. The highest BCUT2D eigenvalue weighted by Crippen LogP contribution is 2.16. The lowest BCUT2D eigenvalue weighted by Crippen LogP contribution is -1.99. The van der Waals surface area contributed by atoms with Gasteiger partial charge in [0, 0.05) is 0 Å².